The summed E-state index contributed by atoms with van der Waals surface area (Å²) in [4.78, 5) is 28.0. The zero-order valence-corrected chi connectivity index (χ0v) is 14.3. The number of nitrogens with zero attached hydrogens (tertiary/aromatic N) is 2. The van der Waals surface area contributed by atoms with Crippen molar-refractivity contribution in [2.24, 2.45) is 5.41 Å². The highest BCUT2D eigenvalue weighted by atomic mass is 19.1. The molecule has 1 aromatic carbocycles. The van der Waals surface area contributed by atoms with E-state index in [0.29, 0.717) is 31.6 Å². The number of carbonyl (C=O) groups is 2. The lowest BCUT2D eigenvalue weighted by Crippen LogP contribution is -2.42. The van der Waals surface area contributed by atoms with E-state index in [1.165, 1.54) is 17.0 Å². The lowest BCUT2D eigenvalue weighted by Gasteiger charge is -2.33. The van der Waals surface area contributed by atoms with Crippen molar-refractivity contribution < 1.29 is 18.7 Å². The highest BCUT2D eigenvalue weighted by Crippen LogP contribution is 2.33. The van der Waals surface area contributed by atoms with Crippen LogP contribution >= 0.6 is 0 Å². The Morgan fingerprint density at radius 3 is 2.83 bits per heavy atom. The summed E-state index contributed by atoms with van der Waals surface area (Å²) in [5.74, 6) is -0.322. The van der Waals surface area contributed by atoms with Gasteiger partial charge in [-0.05, 0) is 29.5 Å². The molecule has 0 aliphatic carbocycles. The minimum atomic E-state index is -0.443. The van der Waals surface area contributed by atoms with Gasteiger partial charge in [0.2, 0.25) is 5.91 Å². The first-order chi connectivity index (χ1) is 11.2. The number of rotatable bonds is 1. The molecule has 5 nitrogen and oxygen atoms in total. The van der Waals surface area contributed by atoms with Gasteiger partial charge in [-0.15, -0.1) is 0 Å². The van der Waals surface area contributed by atoms with Crippen molar-refractivity contribution in [1.82, 2.24) is 4.90 Å². The van der Waals surface area contributed by atoms with Crippen LogP contribution in [0.1, 0.15) is 39.2 Å². The van der Waals surface area contributed by atoms with Crippen LogP contribution in [0.15, 0.2) is 18.2 Å². The average Bonchev–Trinajstić information content (AvgIpc) is 2.80. The van der Waals surface area contributed by atoms with Gasteiger partial charge >= 0.3 is 6.09 Å². The highest BCUT2D eigenvalue weighted by Gasteiger charge is 2.38. The Morgan fingerprint density at radius 1 is 1.38 bits per heavy atom. The van der Waals surface area contributed by atoms with Crippen LogP contribution in [-0.4, -0.2) is 36.1 Å². The third-order valence-electron chi connectivity index (χ3n) is 4.40. The van der Waals surface area contributed by atoms with E-state index < -0.39 is 11.9 Å². The van der Waals surface area contributed by atoms with E-state index in [2.05, 4.69) is 0 Å². The van der Waals surface area contributed by atoms with Crippen LogP contribution in [-0.2, 0) is 16.1 Å². The minimum Gasteiger partial charge on any atom is -0.447 e. The zero-order chi connectivity index (χ0) is 17.5. The topological polar surface area (TPSA) is 49.9 Å². The summed E-state index contributed by atoms with van der Waals surface area (Å²) in [6.07, 6.45) is 0.631. The third-order valence-corrected chi connectivity index (χ3v) is 4.40. The van der Waals surface area contributed by atoms with Gasteiger partial charge in [0.15, 0.2) is 0 Å². The molecule has 0 unspecified atom stereocenters. The molecule has 2 aliphatic heterocycles. The van der Waals surface area contributed by atoms with Gasteiger partial charge in [-0.2, -0.15) is 0 Å². The number of cyclic esters (lactones) is 1. The molecule has 0 spiro atoms. The molecule has 3 rings (SSSR count). The van der Waals surface area contributed by atoms with Gasteiger partial charge in [0.25, 0.3) is 0 Å². The molecule has 24 heavy (non-hydrogen) atoms. The summed E-state index contributed by atoms with van der Waals surface area (Å²) in [6.45, 7) is 7.30. The average molecular weight is 334 g/mol. The second kappa shape index (κ2) is 6.07. The second-order valence-corrected chi connectivity index (χ2v) is 7.72. The van der Waals surface area contributed by atoms with Crippen LogP contribution in [0.3, 0.4) is 0 Å². The van der Waals surface area contributed by atoms with Crippen LogP contribution in [0, 0.1) is 11.2 Å². The third kappa shape index (κ3) is 3.37. The Labute approximate surface area is 141 Å². The predicted molar refractivity (Wildman–Crippen MR) is 88.1 cm³/mol. The van der Waals surface area contributed by atoms with Crippen molar-refractivity contribution in [1.29, 1.82) is 0 Å². The number of ether oxygens (including phenoxy) is 1. The molecule has 0 N–H and O–H groups in total. The van der Waals surface area contributed by atoms with Gasteiger partial charge in [-0.1, -0.05) is 26.8 Å². The first-order valence-corrected chi connectivity index (χ1v) is 8.27. The molecule has 0 radical (unpaired) electrons. The van der Waals surface area contributed by atoms with Crippen LogP contribution in [0.5, 0.6) is 0 Å². The number of amides is 2. The predicted octanol–water partition coefficient (Wildman–Crippen LogP) is 3.32. The van der Waals surface area contributed by atoms with E-state index in [1.54, 1.807) is 6.07 Å². The number of benzene rings is 1. The largest absolute Gasteiger partial charge is 0.447 e. The molecule has 1 aromatic rings. The Hall–Kier alpha value is -2.11. The molecule has 1 fully saturated rings. The molecule has 2 aliphatic rings. The summed E-state index contributed by atoms with van der Waals surface area (Å²) in [6, 6.07) is 4.20. The van der Waals surface area contributed by atoms with E-state index in [4.69, 9.17) is 4.74 Å². The molecule has 0 saturated carbocycles. The van der Waals surface area contributed by atoms with Crippen LogP contribution < -0.4 is 4.90 Å². The molecule has 1 saturated heterocycles. The normalized spacial score (nSPS) is 20.8. The Balaban J connectivity index is 1.93. The Kier molecular flexibility index (Phi) is 4.24. The summed E-state index contributed by atoms with van der Waals surface area (Å²) in [7, 11) is 0. The van der Waals surface area contributed by atoms with Crippen molar-refractivity contribution in [3.63, 3.8) is 0 Å². The maximum atomic E-state index is 13.7. The fourth-order valence-electron chi connectivity index (χ4n) is 3.23. The van der Waals surface area contributed by atoms with Gasteiger partial charge in [0, 0.05) is 19.5 Å². The van der Waals surface area contributed by atoms with Gasteiger partial charge in [-0.25, -0.2) is 9.18 Å². The quantitative estimate of drug-likeness (QED) is 0.791. The summed E-state index contributed by atoms with van der Waals surface area (Å²) < 4.78 is 18.9. The SMILES string of the molecule is CC(C)(C)CC(=O)N1CC[C@H]2COC(=O)N2c2cc(F)ccc2C1. The number of fused-ring (bicyclic) bond motifs is 3. The van der Waals surface area contributed by atoms with Gasteiger partial charge < -0.3 is 9.64 Å². The van der Waals surface area contributed by atoms with Crippen molar-refractivity contribution in [3.05, 3.63) is 29.6 Å². The van der Waals surface area contributed by atoms with Gasteiger partial charge in [0.1, 0.15) is 12.4 Å². The van der Waals surface area contributed by atoms with E-state index in [1.807, 2.05) is 25.7 Å². The van der Waals surface area contributed by atoms with E-state index in [-0.39, 0.29) is 24.0 Å². The number of hydrogen-bond donors (Lipinski definition) is 0. The lowest BCUT2D eigenvalue weighted by atomic mass is 9.91. The molecule has 1 atom stereocenters. The Morgan fingerprint density at radius 2 is 2.12 bits per heavy atom. The molecular weight excluding hydrogens is 311 g/mol. The lowest BCUT2D eigenvalue weighted by molar-refractivity contribution is -0.133. The van der Waals surface area contributed by atoms with Crippen molar-refractivity contribution in [2.45, 2.75) is 46.2 Å². The highest BCUT2D eigenvalue weighted by molar-refractivity contribution is 5.91. The molecule has 6 heteroatoms. The standard InChI is InChI=1S/C18H23FN2O3/c1-18(2,3)9-16(22)20-7-6-14-11-24-17(23)21(14)15-8-13(19)5-4-12(15)10-20/h4-5,8,14H,6-7,9-11H2,1-3H3/t14-/m0/s1. The summed E-state index contributed by atoms with van der Waals surface area (Å²) in [5, 5.41) is 0. The van der Waals surface area contributed by atoms with Crippen LogP contribution in [0.2, 0.25) is 0 Å². The smallest absolute Gasteiger partial charge is 0.414 e. The fourth-order valence-corrected chi connectivity index (χ4v) is 3.23. The second-order valence-electron chi connectivity index (χ2n) is 7.72. The van der Waals surface area contributed by atoms with E-state index in [0.717, 1.165) is 5.56 Å². The minimum absolute atomic E-state index is 0.0801. The number of carbonyl (C=O) groups excluding carboxylic acids is 2. The number of halogens is 1. The fraction of sp³-hybridized carbons (Fsp3) is 0.556. The molecule has 0 aromatic heterocycles. The molecule has 130 valence electrons. The van der Waals surface area contributed by atoms with Gasteiger partial charge in [0.05, 0.1) is 11.7 Å². The number of hydrogen-bond acceptors (Lipinski definition) is 3. The Bertz CT molecular complexity index is 669. The first kappa shape index (κ1) is 16.7. The maximum absolute atomic E-state index is 13.7. The monoisotopic (exact) mass is 334 g/mol. The van der Waals surface area contributed by atoms with E-state index >= 15 is 0 Å². The first-order valence-electron chi connectivity index (χ1n) is 8.27. The van der Waals surface area contributed by atoms with Crippen molar-refractivity contribution in [2.75, 3.05) is 18.1 Å². The van der Waals surface area contributed by atoms with E-state index in [9.17, 15) is 14.0 Å². The van der Waals surface area contributed by atoms with Crippen molar-refractivity contribution >= 4 is 17.7 Å². The molecule has 2 amide bonds. The summed E-state index contributed by atoms with van der Waals surface area (Å²) in [5.41, 5.74) is 1.18. The number of anilines is 1. The summed E-state index contributed by atoms with van der Waals surface area (Å²) >= 11 is 0. The van der Waals surface area contributed by atoms with Gasteiger partial charge in [-0.3, -0.25) is 9.69 Å². The van der Waals surface area contributed by atoms with Crippen molar-refractivity contribution in [3.8, 4) is 0 Å². The van der Waals surface area contributed by atoms with Crippen LogP contribution in [0.4, 0.5) is 14.9 Å². The molecular formula is C18H23FN2O3. The maximum Gasteiger partial charge on any atom is 0.414 e. The molecule has 2 heterocycles. The zero-order valence-electron chi connectivity index (χ0n) is 14.3. The van der Waals surface area contributed by atoms with Crippen LogP contribution in [0.25, 0.3) is 0 Å². The molecule has 0 bridgehead atoms.